The standard InChI is InChI=1S/C13H21N3O2/c1-4-7-14-12-6-5-11(8-15-12)13(17)16-10(2)9-18-3/h5-6,8,10H,4,7,9H2,1-3H3,(H,14,15)(H,16,17). The van der Waals surface area contributed by atoms with Crippen molar-refractivity contribution >= 4 is 11.7 Å². The predicted molar refractivity (Wildman–Crippen MR) is 71.8 cm³/mol. The molecule has 1 aromatic rings. The molecule has 0 fully saturated rings. The van der Waals surface area contributed by atoms with Crippen LogP contribution in [0.2, 0.25) is 0 Å². The van der Waals surface area contributed by atoms with Gasteiger partial charge in [-0.05, 0) is 25.5 Å². The molecule has 1 rings (SSSR count). The smallest absolute Gasteiger partial charge is 0.253 e. The van der Waals surface area contributed by atoms with Gasteiger partial charge in [-0.3, -0.25) is 4.79 Å². The summed E-state index contributed by atoms with van der Waals surface area (Å²) in [7, 11) is 1.61. The van der Waals surface area contributed by atoms with E-state index in [1.165, 1.54) is 0 Å². The lowest BCUT2D eigenvalue weighted by Gasteiger charge is -2.12. The van der Waals surface area contributed by atoms with Gasteiger partial charge in [-0.2, -0.15) is 0 Å². The third kappa shape index (κ3) is 4.71. The fourth-order valence-corrected chi connectivity index (χ4v) is 1.48. The van der Waals surface area contributed by atoms with Crippen molar-refractivity contribution in [3.05, 3.63) is 23.9 Å². The number of carbonyl (C=O) groups excluding carboxylic acids is 1. The molecular weight excluding hydrogens is 230 g/mol. The molecular formula is C13H21N3O2. The van der Waals surface area contributed by atoms with E-state index in [0.29, 0.717) is 12.2 Å². The number of aromatic nitrogens is 1. The molecule has 0 saturated carbocycles. The van der Waals surface area contributed by atoms with E-state index >= 15 is 0 Å². The van der Waals surface area contributed by atoms with Crippen LogP contribution in [0.1, 0.15) is 30.6 Å². The Morgan fingerprint density at radius 1 is 1.50 bits per heavy atom. The van der Waals surface area contributed by atoms with Crippen molar-refractivity contribution in [2.24, 2.45) is 0 Å². The lowest BCUT2D eigenvalue weighted by Crippen LogP contribution is -2.35. The average molecular weight is 251 g/mol. The van der Waals surface area contributed by atoms with E-state index in [1.807, 2.05) is 13.0 Å². The molecule has 0 spiro atoms. The van der Waals surface area contributed by atoms with Crippen molar-refractivity contribution in [3.8, 4) is 0 Å². The third-order valence-corrected chi connectivity index (χ3v) is 2.38. The lowest BCUT2D eigenvalue weighted by molar-refractivity contribution is 0.0905. The first-order valence-electron chi connectivity index (χ1n) is 6.17. The highest BCUT2D eigenvalue weighted by atomic mass is 16.5. The highest BCUT2D eigenvalue weighted by Crippen LogP contribution is 2.05. The molecule has 2 N–H and O–H groups in total. The van der Waals surface area contributed by atoms with Crippen molar-refractivity contribution in [3.63, 3.8) is 0 Å². The Kier molecular flexibility index (Phi) is 6.14. The zero-order valence-electron chi connectivity index (χ0n) is 11.2. The fourth-order valence-electron chi connectivity index (χ4n) is 1.48. The van der Waals surface area contributed by atoms with Crippen LogP contribution in [0.3, 0.4) is 0 Å². The molecule has 0 aliphatic heterocycles. The molecule has 0 aromatic carbocycles. The molecule has 1 aromatic heterocycles. The summed E-state index contributed by atoms with van der Waals surface area (Å²) in [6.07, 6.45) is 2.62. The lowest BCUT2D eigenvalue weighted by atomic mass is 10.2. The van der Waals surface area contributed by atoms with E-state index in [4.69, 9.17) is 4.74 Å². The van der Waals surface area contributed by atoms with Gasteiger partial charge in [-0.1, -0.05) is 6.92 Å². The van der Waals surface area contributed by atoms with Gasteiger partial charge in [0.2, 0.25) is 0 Å². The van der Waals surface area contributed by atoms with E-state index in [-0.39, 0.29) is 11.9 Å². The summed E-state index contributed by atoms with van der Waals surface area (Å²) < 4.78 is 4.96. The second-order valence-corrected chi connectivity index (χ2v) is 4.19. The Labute approximate surface area is 108 Å². The SMILES string of the molecule is CCCNc1ccc(C(=O)NC(C)COC)cn1. The Morgan fingerprint density at radius 3 is 2.83 bits per heavy atom. The number of ether oxygens (including phenoxy) is 1. The summed E-state index contributed by atoms with van der Waals surface area (Å²) in [4.78, 5) is 16.0. The first kappa shape index (κ1) is 14.4. The van der Waals surface area contributed by atoms with Crippen LogP contribution in [0.4, 0.5) is 5.82 Å². The number of anilines is 1. The monoisotopic (exact) mass is 251 g/mol. The van der Waals surface area contributed by atoms with Gasteiger partial charge in [-0.25, -0.2) is 4.98 Å². The molecule has 1 unspecified atom stereocenters. The van der Waals surface area contributed by atoms with E-state index in [1.54, 1.807) is 19.4 Å². The average Bonchev–Trinajstić information content (AvgIpc) is 2.37. The molecule has 100 valence electrons. The van der Waals surface area contributed by atoms with Crippen molar-refractivity contribution in [1.29, 1.82) is 0 Å². The number of methoxy groups -OCH3 is 1. The Morgan fingerprint density at radius 2 is 2.28 bits per heavy atom. The third-order valence-electron chi connectivity index (χ3n) is 2.38. The van der Waals surface area contributed by atoms with Crippen LogP contribution in [-0.2, 0) is 4.74 Å². The maximum absolute atomic E-state index is 11.8. The minimum atomic E-state index is -0.130. The quantitative estimate of drug-likeness (QED) is 0.773. The molecule has 1 amide bonds. The number of hydrogen-bond donors (Lipinski definition) is 2. The Balaban J connectivity index is 2.53. The van der Waals surface area contributed by atoms with Crippen LogP contribution in [0.5, 0.6) is 0 Å². The van der Waals surface area contributed by atoms with Gasteiger partial charge >= 0.3 is 0 Å². The second kappa shape index (κ2) is 7.66. The Hall–Kier alpha value is -1.62. The molecule has 0 aliphatic carbocycles. The van der Waals surface area contributed by atoms with Crippen LogP contribution in [-0.4, -0.2) is 37.2 Å². The summed E-state index contributed by atoms with van der Waals surface area (Å²) in [5, 5.41) is 5.99. The molecule has 5 heteroatoms. The van der Waals surface area contributed by atoms with E-state index in [2.05, 4.69) is 22.5 Å². The van der Waals surface area contributed by atoms with Crippen molar-refractivity contribution in [1.82, 2.24) is 10.3 Å². The number of hydrogen-bond acceptors (Lipinski definition) is 4. The predicted octanol–water partition coefficient (Wildman–Crippen LogP) is 1.67. The summed E-state index contributed by atoms with van der Waals surface area (Å²) in [6, 6.07) is 3.56. The number of nitrogens with one attached hydrogen (secondary N) is 2. The number of amides is 1. The molecule has 0 radical (unpaired) electrons. The van der Waals surface area contributed by atoms with Crippen LogP contribution in [0.15, 0.2) is 18.3 Å². The van der Waals surface area contributed by atoms with Crippen LogP contribution in [0, 0.1) is 0 Å². The van der Waals surface area contributed by atoms with Gasteiger partial charge in [0.1, 0.15) is 5.82 Å². The van der Waals surface area contributed by atoms with Crippen LogP contribution < -0.4 is 10.6 Å². The topological polar surface area (TPSA) is 63.2 Å². The molecule has 0 bridgehead atoms. The summed E-state index contributed by atoms with van der Waals surface area (Å²) in [5.74, 6) is 0.660. The van der Waals surface area contributed by atoms with Gasteiger partial charge in [-0.15, -0.1) is 0 Å². The van der Waals surface area contributed by atoms with Gasteiger partial charge in [0.05, 0.1) is 12.2 Å². The largest absolute Gasteiger partial charge is 0.383 e. The maximum Gasteiger partial charge on any atom is 0.253 e. The highest BCUT2D eigenvalue weighted by molar-refractivity contribution is 5.94. The van der Waals surface area contributed by atoms with Gasteiger partial charge < -0.3 is 15.4 Å². The minimum Gasteiger partial charge on any atom is -0.383 e. The summed E-state index contributed by atoms with van der Waals surface area (Å²) in [6.45, 7) is 5.36. The van der Waals surface area contributed by atoms with Gasteiger partial charge in [0.25, 0.3) is 5.91 Å². The van der Waals surface area contributed by atoms with Crippen molar-refractivity contribution in [2.75, 3.05) is 25.6 Å². The van der Waals surface area contributed by atoms with Crippen LogP contribution in [0.25, 0.3) is 0 Å². The normalized spacial score (nSPS) is 11.9. The molecule has 0 saturated heterocycles. The molecule has 1 heterocycles. The van der Waals surface area contributed by atoms with Gasteiger partial charge in [0.15, 0.2) is 0 Å². The number of pyridine rings is 1. The molecule has 5 nitrogen and oxygen atoms in total. The summed E-state index contributed by atoms with van der Waals surface area (Å²) >= 11 is 0. The highest BCUT2D eigenvalue weighted by Gasteiger charge is 2.09. The maximum atomic E-state index is 11.8. The molecule has 0 aliphatic rings. The number of nitrogens with zero attached hydrogens (tertiary/aromatic N) is 1. The van der Waals surface area contributed by atoms with Crippen molar-refractivity contribution in [2.45, 2.75) is 26.3 Å². The van der Waals surface area contributed by atoms with Crippen molar-refractivity contribution < 1.29 is 9.53 Å². The summed E-state index contributed by atoms with van der Waals surface area (Å²) in [5.41, 5.74) is 0.556. The first-order chi connectivity index (χ1) is 8.67. The first-order valence-corrected chi connectivity index (χ1v) is 6.17. The van der Waals surface area contributed by atoms with Crippen LogP contribution >= 0.6 is 0 Å². The number of rotatable bonds is 7. The van der Waals surface area contributed by atoms with Gasteiger partial charge in [0, 0.05) is 25.9 Å². The van der Waals surface area contributed by atoms with E-state index < -0.39 is 0 Å². The van der Waals surface area contributed by atoms with E-state index in [9.17, 15) is 4.79 Å². The Bertz CT molecular complexity index is 365. The zero-order valence-corrected chi connectivity index (χ0v) is 11.2. The zero-order chi connectivity index (χ0) is 13.4. The molecule has 1 atom stereocenters. The fraction of sp³-hybridized carbons (Fsp3) is 0.538. The minimum absolute atomic E-state index is 0.0135. The molecule has 18 heavy (non-hydrogen) atoms. The number of carbonyl (C=O) groups is 1. The second-order valence-electron chi connectivity index (χ2n) is 4.19. The van der Waals surface area contributed by atoms with E-state index in [0.717, 1.165) is 18.8 Å².